The van der Waals surface area contributed by atoms with Gasteiger partial charge in [-0.15, -0.1) is 0 Å². The number of rotatable bonds is 3. The van der Waals surface area contributed by atoms with E-state index in [9.17, 15) is 14.4 Å². The van der Waals surface area contributed by atoms with Gasteiger partial charge in [0.25, 0.3) is 0 Å². The third kappa shape index (κ3) is 3.75. The number of carbonyl (C=O) groups is 3. The fraction of sp³-hybridized carbons (Fsp3) is 0.591. The van der Waals surface area contributed by atoms with Crippen molar-refractivity contribution in [3.8, 4) is 0 Å². The molecular weight excluding hydrogens is 370 g/mol. The highest BCUT2D eigenvalue weighted by atomic mass is 16.5. The molecule has 0 aromatic heterocycles. The Morgan fingerprint density at radius 3 is 2.45 bits per heavy atom. The topological polar surface area (TPSA) is 70.2 Å². The van der Waals surface area contributed by atoms with Crippen LogP contribution in [0, 0.1) is 11.8 Å². The number of fused-ring (bicyclic) bond motifs is 1. The molecule has 0 saturated carbocycles. The van der Waals surface area contributed by atoms with E-state index in [0.29, 0.717) is 13.0 Å². The van der Waals surface area contributed by atoms with Gasteiger partial charge in [-0.1, -0.05) is 30.3 Å². The smallest absolute Gasteiger partial charge is 0.311 e. The number of nitrogens with zero attached hydrogens (tertiary/aromatic N) is 3. The summed E-state index contributed by atoms with van der Waals surface area (Å²) in [4.78, 5) is 44.5. The maximum Gasteiger partial charge on any atom is 0.311 e. The van der Waals surface area contributed by atoms with Crippen molar-refractivity contribution >= 4 is 17.8 Å². The number of piperazine rings is 1. The molecule has 3 atom stereocenters. The first kappa shape index (κ1) is 19.9. The normalized spacial score (nSPS) is 28.3. The van der Waals surface area contributed by atoms with E-state index in [-0.39, 0.29) is 42.3 Å². The maximum absolute atomic E-state index is 13.1. The molecule has 0 radical (unpaired) electrons. The van der Waals surface area contributed by atoms with Crippen molar-refractivity contribution in [3.05, 3.63) is 35.9 Å². The van der Waals surface area contributed by atoms with E-state index in [4.69, 9.17) is 4.74 Å². The van der Waals surface area contributed by atoms with Gasteiger partial charge in [-0.05, 0) is 45.0 Å². The molecule has 0 aliphatic carbocycles. The van der Waals surface area contributed by atoms with Gasteiger partial charge >= 0.3 is 5.97 Å². The van der Waals surface area contributed by atoms with Gasteiger partial charge in [-0.3, -0.25) is 14.4 Å². The van der Waals surface area contributed by atoms with Gasteiger partial charge in [0.05, 0.1) is 31.7 Å². The minimum Gasteiger partial charge on any atom is -0.469 e. The summed E-state index contributed by atoms with van der Waals surface area (Å²) in [5.74, 6) is -0.705. The van der Waals surface area contributed by atoms with Crippen LogP contribution in [0.5, 0.6) is 0 Å². The van der Waals surface area contributed by atoms with E-state index >= 15 is 0 Å². The largest absolute Gasteiger partial charge is 0.469 e. The Hall–Kier alpha value is -2.41. The van der Waals surface area contributed by atoms with Crippen LogP contribution in [-0.4, -0.2) is 78.9 Å². The third-order valence-electron chi connectivity index (χ3n) is 6.67. The lowest BCUT2D eigenvalue weighted by Gasteiger charge is -2.41. The number of esters is 1. The average molecular weight is 399 g/mol. The molecule has 0 spiro atoms. The Balaban J connectivity index is 1.55. The van der Waals surface area contributed by atoms with Crippen molar-refractivity contribution in [1.29, 1.82) is 0 Å². The van der Waals surface area contributed by atoms with E-state index < -0.39 is 5.92 Å². The van der Waals surface area contributed by atoms with E-state index in [1.807, 2.05) is 35.2 Å². The second-order valence-electron chi connectivity index (χ2n) is 8.47. The van der Waals surface area contributed by atoms with E-state index in [2.05, 4.69) is 11.9 Å². The average Bonchev–Trinajstić information content (AvgIpc) is 3.14. The number of hydrogen-bond donors (Lipinski definition) is 0. The molecule has 1 aromatic rings. The van der Waals surface area contributed by atoms with Crippen LogP contribution in [0.2, 0.25) is 0 Å². The van der Waals surface area contributed by atoms with Crippen LogP contribution >= 0.6 is 0 Å². The summed E-state index contributed by atoms with van der Waals surface area (Å²) in [5.41, 5.74) is 0.939. The first-order chi connectivity index (χ1) is 14.0. The molecule has 4 rings (SSSR count). The molecule has 0 N–H and O–H groups in total. The minimum absolute atomic E-state index is 0.00622. The number of amides is 2. The lowest BCUT2D eigenvalue weighted by molar-refractivity contribution is -0.153. The Morgan fingerprint density at radius 2 is 1.79 bits per heavy atom. The van der Waals surface area contributed by atoms with Crippen molar-refractivity contribution in [2.75, 3.05) is 40.3 Å². The minimum atomic E-state index is -0.408. The molecule has 156 valence electrons. The molecule has 0 unspecified atom stereocenters. The van der Waals surface area contributed by atoms with E-state index in [0.717, 1.165) is 31.5 Å². The van der Waals surface area contributed by atoms with Crippen LogP contribution in [0.4, 0.5) is 0 Å². The highest BCUT2D eigenvalue weighted by Crippen LogP contribution is 2.43. The molecule has 3 aliphatic rings. The molecule has 0 bridgehead atoms. The van der Waals surface area contributed by atoms with Crippen LogP contribution < -0.4 is 0 Å². The molecule has 1 aromatic carbocycles. The maximum atomic E-state index is 13.1. The third-order valence-corrected chi connectivity index (χ3v) is 6.67. The number of carbonyl (C=O) groups excluding carboxylic acids is 3. The summed E-state index contributed by atoms with van der Waals surface area (Å²) in [6.45, 7) is 2.41. The van der Waals surface area contributed by atoms with Crippen molar-refractivity contribution in [2.24, 2.45) is 11.8 Å². The van der Waals surface area contributed by atoms with Crippen molar-refractivity contribution in [1.82, 2.24) is 14.7 Å². The summed E-state index contributed by atoms with van der Waals surface area (Å²) in [6, 6.07) is 9.17. The van der Waals surface area contributed by atoms with Gasteiger partial charge in [0, 0.05) is 12.5 Å². The van der Waals surface area contributed by atoms with Gasteiger partial charge in [-0.25, -0.2) is 0 Å². The Bertz CT molecular complexity index is 776. The standard InChI is InChI=1S/C22H29N3O4/c1-23-10-8-16(9-11-23)21(27)24-13-17-12-18(22(28)29-2)20(25(17)19(26)14-24)15-6-4-3-5-7-15/h3-7,16-18,20H,8-14H2,1-2H3/t17-,18-,20-/m0/s1. The van der Waals surface area contributed by atoms with Gasteiger partial charge in [0.15, 0.2) is 0 Å². The fourth-order valence-electron chi connectivity index (χ4n) is 5.14. The summed E-state index contributed by atoms with van der Waals surface area (Å²) in [6.07, 6.45) is 2.20. The number of likely N-dealkylation sites (tertiary alicyclic amines) is 1. The monoisotopic (exact) mass is 399 g/mol. The zero-order valence-electron chi connectivity index (χ0n) is 17.1. The van der Waals surface area contributed by atoms with Gasteiger partial charge in [0.2, 0.25) is 11.8 Å². The van der Waals surface area contributed by atoms with E-state index in [1.54, 1.807) is 4.90 Å². The summed E-state index contributed by atoms with van der Waals surface area (Å²) >= 11 is 0. The van der Waals surface area contributed by atoms with Crippen molar-refractivity contribution in [3.63, 3.8) is 0 Å². The number of piperidine rings is 1. The molecule has 7 nitrogen and oxygen atoms in total. The lowest BCUT2D eigenvalue weighted by Crippen LogP contribution is -2.57. The highest BCUT2D eigenvalue weighted by Gasteiger charge is 2.51. The van der Waals surface area contributed by atoms with Crippen LogP contribution in [0.1, 0.15) is 30.9 Å². The first-order valence-corrected chi connectivity index (χ1v) is 10.4. The lowest BCUT2D eigenvalue weighted by atomic mass is 9.93. The highest BCUT2D eigenvalue weighted by molar-refractivity contribution is 5.89. The van der Waals surface area contributed by atoms with E-state index in [1.165, 1.54) is 7.11 Å². The molecule has 7 heteroatoms. The van der Waals surface area contributed by atoms with Crippen molar-refractivity contribution < 1.29 is 19.1 Å². The first-order valence-electron chi connectivity index (χ1n) is 10.4. The Morgan fingerprint density at radius 1 is 1.10 bits per heavy atom. The Labute approximate surface area is 171 Å². The Kier molecular flexibility index (Phi) is 5.58. The molecule has 3 saturated heterocycles. The second-order valence-corrected chi connectivity index (χ2v) is 8.47. The summed E-state index contributed by atoms with van der Waals surface area (Å²) < 4.78 is 5.04. The molecule has 3 fully saturated rings. The summed E-state index contributed by atoms with van der Waals surface area (Å²) in [5, 5.41) is 0. The second kappa shape index (κ2) is 8.14. The van der Waals surface area contributed by atoms with Crippen LogP contribution in [-0.2, 0) is 19.1 Å². The van der Waals surface area contributed by atoms with Gasteiger partial charge in [-0.2, -0.15) is 0 Å². The van der Waals surface area contributed by atoms with Gasteiger partial charge < -0.3 is 19.4 Å². The zero-order chi connectivity index (χ0) is 20.5. The molecule has 3 aliphatic heterocycles. The molecule has 29 heavy (non-hydrogen) atoms. The van der Waals surface area contributed by atoms with Gasteiger partial charge in [0.1, 0.15) is 0 Å². The predicted molar refractivity (Wildman–Crippen MR) is 107 cm³/mol. The fourth-order valence-corrected chi connectivity index (χ4v) is 5.14. The summed E-state index contributed by atoms with van der Waals surface area (Å²) in [7, 11) is 3.46. The molecule has 3 heterocycles. The molecular formula is C22H29N3O4. The van der Waals surface area contributed by atoms with Crippen LogP contribution in [0.3, 0.4) is 0 Å². The number of hydrogen-bond acceptors (Lipinski definition) is 5. The number of benzene rings is 1. The molecule has 2 amide bonds. The van der Waals surface area contributed by atoms with Crippen molar-refractivity contribution in [2.45, 2.75) is 31.3 Å². The predicted octanol–water partition coefficient (Wildman–Crippen LogP) is 1.30. The quantitative estimate of drug-likeness (QED) is 0.717. The number of methoxy groups -OCH3 is 1. The van der Waals surface area contributed by atoms with Crippen LogP contribution in [0.25, 0.3) is 0 Å². The zero-order valence-corrected chi connectivity index (χ0v) is 17.1. The SMILES string of the molecule is COC(=O)[C@H]1C[C@H]2CN(C(=O)C3CCN(C)CC3)CC(=O)N2[C@H]1c1ccccc1. The number of ether oxygens (including phenoxy) is 1. The van der Waals surface area contributed by atoms with Crippen LogP contribution in [0.15, 0.2) is 30.3 Å².